The number of sulfonamides is 1. The summed E-state index contributed by atoms with van der Waals surface area (Å²) in [6, 6.07) is 15.9. The summed E-state index contributed by atoms with van der Waals surface area (Å²) < 4.78 is 27.3. The predicted octanol–water partition coefficient (Wildman–Crippen LogP) is 2.51. The van der Waals surface area contributed by atoms with Gasteiger partial charge >= 0.3 is 0 Å². The number of hydrogen-bond donors (Lipinski definition) is 2. The highest BCUT2D eigenvalue weighted by Gasteiger charge is 2.15. The number of hydrogen-bond acceptors (Lipinski definition) is 3. The third-order valence-electron chi connectivity index (χ3n) is 3.59. The first-order valence-corrected chi connectivity index (χ1v) is 9.54. The van der Waals surface area contributed by atoms with Gasteiger partial charge in [-0.15, -0.1) is 6.58 Å². The Morgan fingerprint density at radius 2 is 1.84 bits per heavy atom. The molecule has 2 aromatic rings. The number of benzene rings is 2. The molecule has 0 aromatic heterocycles. The van der Waals surface area contributed by atoms with Crippen LogP contribution in [0.2, 0.25) is 0 Å². The molecule has 0 aliphatic carbocycles. The molecule has 0 saturated carbocycles. The first-order chi connectivity index (χ1) is 12.0. The van der Waals surface area contributed by atoms with Crippen molar-refractivity contribution in [3.05, 3.63) is 78.4 Å². The highest BCUT2D eigenvalue weighted by molar-refractivity contribution is 7.89. The van der Waals surface area contributed by atoms with Gasteiger partial charge in [0.25, 0.3) is 5.91 Å². The lowest BCUT2D eigenvalue weighted by molar-refractivity contribution is 0.0958. The molecular formula is C19H22N2O3S. The van der Waals surface area contributed by atoms with Gasteiger partial charge in [-0.2, -0.15) is 0 Å². The molecule has 132 valence electrons. The van der Waals surface area contributed by atoms with Crippen LogP contribution in [0.5, 0.6) is 0 Å². The fourth-order valence-electron chi connectivity index (χ4n) is 2.30. The highest BCUT2D eigenvalue weighted by Crippen LogP contribution is 2.12. The molecule has 5 nitrogen and oxygen atoms in total. The van der Waals surface area contributed by atoms with Gasteiger partial charge in [0.1, 0.15) is 0 Å². The Hall–Kier alpha value is -2.44. The predicted molar refractivity (Wildman–Crippen MR) is 98.9 cm³/mol. The Kier molecular flexibility index (Phi) is 6.91. The zero-order valence-corrected chi connectivity index (χ0v) is 14.8. The molecule has 1 amide bonds. The highest BCUT2D eigenvalue weighted by atomic mass is 32.2. The van der Waals surface area contributed by atoms with Crippen LogP contribution >= 0.6 is 0 Å². The van der Waals surface area contributed by atoms with Crippen LogP contribution in [-0.4, -0.2) is 27.4 Å². The van der Waals surface area contributed by atoms with E-state index in [2.05, 4.69) is 16.6 Å². The second-order valence-corrected chi connectivity index (χ2v) is 7.28. The monoisotopic (exact) mass is 358 g/mol. The molecule has 0 radical (unpaired) electrons. The van der Waals surface area contributed by atoms with E-state index in [-0.39, 0.29) is 10.8 Å². The Labute approximate surface area is 148 Å². The molecule has 2 aromatic carbocycles. The second kappa shape index (κ2) is 9.15. The zero-order valence-electron chi connectivity index (χ0n) is 13.9. The number of nitrogens with one attached hydrogen (secondary N) is 2. The van der Waals surface area contributed by atoms with Gasteiger partial charge in [-0.1, -0.05) is 42.5 Å². The summed E-state index contributed by atoms with van der Waals surface area (Å²) in [6.45, 7) is 4.19. The van der Waals surface area contributed by atoms with E-state index in [4.69, 9.17) is 0 Å². The molecule has 25 heavy (non-hydrogen) atoms. The molecule has 0 heterocycles. The zero-order chi connectivity index (χ0) is 18.1. The third-order valence-corrected chi connectivity index (χ3v) is 5.05. The van der Waals surface area contributed by atoms with Crippen LogP contribution in [0.1, 0.15) is 22.3 Å². The maximum Gasteiger partial charge on any atom is 0.251 e. The third kappa shape index (κ3) is 5.85. The van der Waals surface area contributed by atoms with Crippen LogP contribution in [0, 0.1) is 0 Å². The minimum Gasteiger partial charge on any atom is -0.349 e. The van der Waals surface area contributed by atoms with Gasteiger partial charge < -0.3 is 5.32 Å². The van der Waals surface area contributed by atoms with Crippen molar-refractivity contribution in [2.75, 3.05) is 13.1 Å². The molecule has 0 spiro atoms. The number of aryl methyl sites for hydroxylation is 1. The first kappa shape index (κ1) is 18.9. The second-order valence-electron chi connectivity index (χ2n) is 5.51. The first-order valence-electron chi connectivity index (χ1n) is 8.05. The van der Waals surface area contributed by atoms with Crippen LogP contribution in [0.4, 0.5) is 0 Å². The number of amides is 1. The van der Waals surface area contributed by atoms with Crippen molar-refractivity contribution in [2.24, 2.45) is 0 Å². The van der Waals surface area contributed by atoms with E-state index in [1.807, 2.05) is 30.3 Å². The Morgan fingerprint density at radius 1 is 1.08 bits per heavy atom. The molecule has 0 aliphatic rings. The van der Waals surface area contributed by atoms with Crippen LogP contribution in [0.15, 0.2) is 72.1 Å². The van der Waals surface area contributed by atoms with E-state index in [1.165, 1.54) is 17.7 Å². The van der Waals surface area contributed by atoms with E-state index < -0.39 is 10.0 Å². The number of carbonyl (C=O) groups is 1. The summed E-state index contributed by atoms with van der Waals surface area (Å²) in [5.41, 5.74) is 1.47. The fraction of sp³-hybridized carbons (Fsp3) is 0.211. The minimum atomic E-state index is -3.64. The van der Waals surface area contributed by atoms with Gasteiger partial charge in [-0.3, -0.25) is 4.79 Å². The summed E-state index contributed by atoms with van der Waals surface area (Å²) in [6.07, 6.45) is 3.06. The summed E-state index contributed by atoms with van der Waals surface area (Å²) in [5.74, 6) is -0.332. The van der Waals surface area contributed by atoms with Crippen molar-refractivity contribution < 1.29 is 13.2 Å². The van der Waals surface area contributed by atoms with E-state index in [0.29, 0.717) is 25.1 Å². The molecule has 0 bridgehead atoms. The molecule has 2 rings (SSSR count). The topological polar surface area (TPSA) is 75.3 Å². The lowest BCUT2D eigenvalue weighted by Crippen LogP contribution is -2.26. The fourth-order valence-corrected chi connectivity index (χ4v) is 3.42. The summed E-state index contributed by atoms with van der Waals surface area (Å²) in [7, 11) is -3.64. The Balaban J connectivity index is 1.94. The van der Waals surface area contributed by atoms with E-state index >= 15 is 0 Å². The molecule has 6 heteroatoms. The van der Waals surface area contributed by atoms with Gasteiger partial charge in [0.05, 0.1) is 4.90 Å². The summed E-state index contributed by atoms with van der Waals surface area (Å²) >= 11 is 0. The Bertz CT molecular complexity index is 818. The van der Waals surface area contributed by atoms with Crippen molar-refractivity contribution in [3.63, 3.8) is 0 Å². The van der Waals surface area contributed by atoms with Crippen LogP contribution in [0.3, 0.4) is 0 Å². The van der Waals surface area contributed by atoms with E-state index in [1.54, 1.807) is 18.2 Å². The summed E-state index contributed by atoms with van der Waals surface area (Å²) in [5, 5.41) is 2.63. The molecule has 0 unspecified atom stereocenters. The van der Waals surface area contributed by atoms with Crippen molar-refractivity contribution in [1.82, 2.24) is 10.0 Å². The van der Waals surface area contributed by atoms with Gasteiger partial charge in [0, 0.05) is 18.7 Å². The largest absolute Gasteiger partial charge is 0.349 e. The smallest absolute Gasteiger partial charge is 0.251 e. The lowest BCUT2D eigenvalue weighted by Gasteiger charge is -2.09. The molecule has 0 saturated heterocycles. The average molecular weight is 358 g/mol. The average Bonchev–Trinajstić information content (AvgIpc) is 2.64. The molecule has 0 atom stereocenters. The number of rotatable bonds is 9. The number of carbonyl (C=O) groups excluding carboxylic acids is 1. The van der Waals surface area contributed by atoms with E-state index in [9.17, 15) is 13.2 Å². The maximum absolute atomic E-state index is 12.4. The minimum absolute atomic E-state index is 0.0819. The van der Waals surface area contributed by atoms with Gasteiger partial charge in [-0.05, 0) is 36.6 Å². The lowest BCUT2D eigenvalue weighted by atomic mass is 10.1. The van der Waals surface area contributed by atoms with Crippen LogP contribution in [0.25, 0.3) is 0 Å². The van der Waals surface area contributed by atoms with Gasteiger partial charge in [0.15, 0.2) is 0 Å². The van der Waals surface area contributed by atoms with E-state index in [0.717, 1.165) is 6.42 Å². The quantitative estimate of drug-likeness (QED) is 0.534. The van der Waals surface area contributed by atoms with Gasteiger partial charge in [0.2, 0.25) is 10.0 Å². The van der Waals surface area contributed by atoms with Crippen LogP contribution in [-0.2, 0) is 16.4 Å². The van der Waals surface area contributed by atoms with Crippen molar-refractivity contribution in [1.29, 1.82) is 0 Å². The van der Waals surface area contributed by atoms with Crippen molar-refractivity contribution in [2.45, 2.75) is 17.7 Å². The maximum atomic E-state index is 12.4. The summed E-state index contributed by atoms with van der Waals surface area (Å²) in [4.78, 5) is 12.0. The normalized spacial score (nSPS) is 11.0. The standard InChI is InChI=1S/C19H22N2O3S/c1-2-13-20-19(22)17-11-6-12-18(15-17)25(23,24)21-14-7-10-16-8-4-3-5-9-16/h2-6,8-9,11-12,15,21H,1,7,10,13-14H2,(H,20,22). The Morgan fingerprint density at radius 3 is 2.56 bits per heavy atom. The van der Waals surface area contributed by atoms with Crippen molar-refractivity contribution in [3.8, 4) is 0 Å². The molecular weight excluding hydrogens is 336 g/mol. The molecule has 0 aliphatic heterocycles. The molecule has 0 fully saturated rings. The van der Waals surface area contributed by atoms with Crippen molar-refractivity contribution >= 4 is 15.9 Å². The van der Waals surface area contributed by atoms with Crippen LogP contribution < -0.4 is 10.0 Å². The molecule has 2 N–H and O–H groups in total. The van der Waals surface area contributed by atoms with Gasteiger partial charge in [-0.25, -0.2) is 13.1 Å². The SMILES string of the molecule is C=CCNC(=O)c1cccc(S(=O)(=O)NCCCc2ccccc2)c1.